The summed E-state index contributed by atoms with van der Waals surface area (Å²) in [7, 11) is 1.35. The second kappa shape index (κ2) is 4.70. The Morgan fingerprint density at radius 1 is 1.62 bits per heavy atom. The Hall–Kier alpha value is -1.29. The Kier molecular flexibility index (Phi) is 3.29. The number of carbonyl (C=O) groups is 1. The van der Waals surface area contributed by atoms with E-state index in [0.29, 0.717) is 5.56 Å². The van der Waals surface area contributed by atoms with Gasteiger partial charge in [0, 0.05) is 12.7 Å². The Bertz CT molecular complexity index is 380. The van der Waals surface area contributed by atoms with Crippen LogP contribution in [0.2, 0.25) is 0 Å². The Labute approximate surface area is 99.2 Å². The second-order valence-corrected chi connectivity index (χ2v) is 4.17. The summed E-state index contributed by atoms with van der Waals surface area (Å²) >= 11 is 6.14. The van der Waals surface area contributed by atoms with Gasteiger partial charge in [-0.1, -0.05) is 11.6 Å². The van der Waals surface area contributed by atoms with Gasteiger partial charge in [0.05, 0.1) is 12.7 Å². The van der Waals surface area contributed by atoms with Crippen molar-refractivity contribution in [3.63, 3.8) is 0 Å². The quantitative estimate of drug-likeness (QED) is 0.451. The van der Waals surface area contributed by atoms with Crippen molar-refractivity contribution in [2.24, 2.45) is 0 Å². The molecule has 0 radical (unpaired) electrons. The SMILES string of the molecule is COC(=O)c1ccc(N2CCCC2Cl)nc1. The lowest BCUT2D eigenvalue weighted by molar-refractivity contribution is 0.0600. The maximum Gasteiger partial charge on any atom is 0.339 e. The van der Waals surface area contributed by atoms with E-state index < -0.39 is 0 Å². The number of ether oxygens (including phenoxy) is 1. The van der Waals surface area contributed by atoms with Gasteiger partial charge in [0.25, 0.3) is 0 Å². The summed E-state index contributed by atoms with van der Waals surface area (Å²) in [5.41, 5.74) is 0.466. The zero-order valence-corrected chi connectivity index (χ0v) is 9.78. The molecule has 2 heterocycles. The second-order valence-electron chi connectivity index (χ2n) is 3.67. The molecule has 0 N–H and O–H groups in total. The predicted molar refractivity (Wildman–Crippen MR) is 61.8 cm³/mol. The number of halogens is 1. The molecule has 5 heteroatoms. The van der Waals surface area contributed by atoms with Crippen molar-refractivity contribution in [1.29, 1.82) is 0 Å². The average Bonchev–Trinajstić information content (AvgIpc) is 2.75. The minimum absolute atomic E-state index is 0.0106. The van der Waals surface area contributed by atoms with Crippen molar-refractivity contribution >= 4 is 23.4 Å². The summed E-state index contributed by atoms with van der Waals surface area (Å²) in [6.45, 7) is 0.915. The first-order valence-corrected chi connectivity index (χ1v) is 5.61. The van der Waals surface area contributed by atoms with Gasteiger partial charge >= 0.3 is 5.97 Å². The molecule has 1 aromatic heterocycles. The van der Waals surface area contributed by atoms with E-state index in [0.717, 1.165) is 25.2 Å². The molecular weight excluding hydrogens is 228 g/mol. The van der Waals surface area contributed by atoms with E-state index in [2.05, 4.69) is 9.72 Å². The Morgan fingerprint density at radius 2 is 2.44 bits per heavy atom. The minimum Gasteiger partial charge on any atom is -0.465 e. The first-order valence-electron chi connectivity index (χ1n) is 5.17. The number of alkyl halides is 1. The van der Waals surface area contributed by atoms with Crippen molar-refractivity contribution in [1.82, 2.24) is 4.98 Å². The molecule has 0 spiro atoms. The molecule has 0 bridgehead atoms. The lowest BCUT2D eigenvalue weighted by atomic mass is 10.3. The van der Waals surface area contributed by atoms with E-state index in [1.54, 1.807) is 12.1 Å². The van der Waals surface area contributed by atoms with E-state index in [4.69, 9.17) is 11.6 Å². The van der Waals surface area contributed by atoms with Gasteiger partial charge in [-0.3, -0.25) is 0 Å². The fraction of sp³-hybridized carbons (Fsp3) is 0.455. The highest BCUT2D eigenvalue weighted by Gasteiger charge is 2.23. The zero-order valence-electron chi connectivity index (χ0n) is 9.02. The number of hydrogen-bond acceptors (Lipinski definition) is 4. The maximum atomic E-state index is 11.2. The number of rotatable bonds is 2. The molecule has 0 aliphatic carbocycles. The van der Waals surface area contributed by atoms with Crippen molar-refractivity contribution in [2.45, 2.75) is 18.3 Å². The lowest BCUT2D eigenvalue weighted by Crippen LogP contribution is -2.25. The van der Waals surface area contributed by atoms with Gasteiger partial charge in [-0.25, -0.2) is 9.78 Å². The summed E-state index contributed by atoms with van der Waals surface area (Å²) in [5, 5.41) is 0. The third-order valence-corrected chi connectivity index (χ3v) is 3.10. The van der Waals surface area contributed by atoms with Gasteiger partial charge in [-0.05, 0) is 25.0 Å². The number of carbonyl (C=O) groups excluding carboxylic acids is 1. The first kappa shape index (κ1) is 11.2. The van der Waals surface area contributed by atoms with Crippen LogP contribution in [0.25, 0.3) is 0 Å². The van der Waals surface area contributed by atoms with Gasteiger partial charge in [0.15, 0.2) is 0 Å². The number of anilines is 1. The van der Waals surface area contributed by atoms with Crippen molar-refractivity contribution in [3.05, 3.63) is 23.9 Å². The van der Waals surface area contributed by atoms with E-state index in [1.165, 1.54) is 13.3 Å². The molecule has 86 valence electrons. The van der Waals surface area contributed by atoms with Crippen molar-refractivity contribution < 1.29 is 9.53 Å². The highest BCUT2D eigenvalue weighted by Crippen LogP contribution is 2.25. The number of aromatic nitrogens is 1. The first-order chi connectivity index (χ1) is 7.72. The molecule has 0 amide bonds. The summed E-state index contributed by atoms with van der Waals surface area (Å²) in [6, 6.07) is 3.50. The highest BCUT2D eigenvalue weighted by molar-refractivity contribution is 6.22. The molecule has 0 saturated carbocycles. The van der Waals surface area contributed by atoms with Gasteiger partial charge in [0.2, 0.25) is 0 Å². The molecule has 16 heavy (non-hydrogen) atoms. The summed E-state index contributed by atoms with van der Waals surface area (Å²) < 4.78 is 4.60. The van der Waals surface area contributed by atoms with Crippen LogP contribution < -0.4 is 4.90 Å². The number of nitrogens with zero attached hydrogens (tertiary/aromatic N) is 2. The summed E-state index contributed by atoms with van der Waals surface area (Å²) in [4.78, 5) is 17.5. The molecule has 1 aliphatic rings. The fourth-order valence-corrected chi connectivity index (χ4v) is 2.13. The van der Waals surface area contributed by atoms with Crippen LogP contribution >= 0.6 is 11.6 Å². The predicted octanol–water partition coefficient (Wildman–Crippen LogP) is 2.03. The maximum absolute atomic E-state index is 11.2. The molecule has 4 nitrogen and oxygen atoms in total. The Morgan fingerprint density at radius 3 is 2.94 bits per heavy atom. The molecule has 1 aromatic rings. The van der Waals surface area contributed by atoms with E-state index in [1.807, 2.05) is 4.90 Å². The highest BCUT2D eigenvalue weighted by atomic mass is 35.5. The number of esters is 1. The number of methoxy groups -OCH3 is 1. The van der Waals surface area contributed by atoms with E-state index in [9.17, 15) is 4.79 Å². The van der Waals surface area contributed by atoms with Crippen LogP contribution in [-0.4, -0.2) is 30.1 Å². The van der Waals surface area contributed by atoms with Crippen LogP contribution in [0.15, 0.2) is 18.3 Å². The zero-order chi connectivity index (χ0) is 11.5. The average molecular weight is 241 g/mol. The molecule has 1 fully saturated rings. The van der Waals surface area contributed by atoms with Gasteiger partial charge in [0.1, 0.15) is 11.3 Å². The van der Waals surface area contributed by atoms with Crippen molar-refractivity contribution in [3.8, 4) is 0 Å². The van der Waals surface area contributed by atoms with Gasteiger partial charge in [-0.2, -0.15) is 0 Å². The van der Waals surface area contributed by atoms with Crippen molar-refractivity contribution in [2.75, 3.05) is 18.6 Å². The molecular formula is C11H13ClN2O2. The third-order valence-electron chi connectivity index (χ3n) is 2.64. The van der Waals surface area contributed by atoms with Crippen LogP contribution in [0.3, 0.4) is 0 Å². The van der Waals surface area contributed by atoms with Crippen LogP contribution in [0.5, 0.6) is 0 Å². The largest absolute Gasteiger partial charge is 0.465 e. The van der Waals surface area contributed by atoms with Crippen LogP contribution in [0.4, 0.5) is 5.82 Å². The summed E-state index contributed by atoms with van der Waals surface area (Å²) in [5.74, 6) is 0.438. The Balaban J connectivity index is 2.16. The van der Waals surface area contributed by atoms with Crippen LogP contribution in [0, 0.1) is 0 Å². The molecule has 1 saturated heterocycles. The van der Waals surface area contributed by atoms with Crippen LogP contribution in [0.1, 0.15) is 23.2 Å². The lowest BCUT2D eigenvalue weighted by Gasteiger charge is -2.20. The van der Waals surface area contributed by atoms with Crippen LogP contribution in [-0.2, 0) is 4.74 Å². The summed E-state index contributed by atoms with van der Waals surface area (Å²) in [6.07, 6.45) is 3.57. The fourth-order valence-electron chi connectivity index (χ4n) is 1.78. The minimum atomic E-state index is -0.372. The molecule has 1 aliphatic heterocycles. The smallest absolute Gasteiger partial charge is 0.339 e. The molecule has 1 unspecified atom stereocenters. The third kappa shape index (κ3) is 2.11. The standard InChI is InChI=1S/C11H13ClN2O2/c1-16-11(15)8-4-5-10(13-7-8)14-6-2-3-9(14)12/h4-5,7,9H,2-3,6H2,1H3. The van der Waals surface area contributed by atoms with E-state index in [-0.39, 0.29) is 11.5 Å². The monoisotopic (exact) mass is 240 g/mol. The molecule has 0 aromatic carbocycles. The molecule has 2 rings (SSSR count). The van der Waals surface area contributed by atoms with Gasteiger partial charge in [-0.15, -0.1) is 0 Å². The number of hydrogen-bond donors (Lipinski definition) is 0. The number of pyridine rings is 1. The van der Waals surface area contributed by atoms with E-state index >= 15 is 0 Å². The molecule has 1 atom stereocenters. The topological polar surface area (TPSA) is 42.4 Å². The van der Waals surface area contributed by atoms with Gasteiger partial charge < -0.3 is 9.64 Å². The normalized spacial score (nSPS) is 19.9.